The summed E-state index contributed by atoms with van der Waals surface area (Å²) in [5.41, 5.74) is 6.41. The van der Waals surface area contributed by atoms with E-state index in [0.717, 1.165) is 31.2 Å². The summed E-state index contributed by atoms with van der Waals surface area (Å²) in [6.07, 6.45) is 1.07. The number of halogens is 3. The number of hydrogen-bond acceptors (Lipinski definition) is 1. The molecule has 112 valence electrons. The number of rotatable bonds is 4. The summed E-state index contributed by atoms with van der Waals surface area (Å²) in [5.74, 6) is 0.716. The number of hydrogen-bond donors (Lipinski definition) is 1. The molecule has 0 spiro atoms. The number of alkyl halides is 3. The zero-order valence-electron chi connectivity index (χ0n) is 11.8. The van der Waals surface area contributed by atoms with E-state index in [2.05, 4.69) is 6.92 Å². The van der Waals surface area contributed by atoms with Crippen LogP contribution in [0.2, 0.25) is 0 Å². The van der Waals surface area contributed by atoms with Crippen LogP contribution in [0.5, 0.6) is 0 Å². The molecule has 2 unspecified atom stereocenters. The fourth-order valence-corrected chi connectivity index (χ4v) is 3.34. The van der Waals surface area contributed by atoms with Crippen molar-refractivity contribution in [2.75, 3.05) is 6.54 Å². The third-order valence-electron chi connectivity index (χ3n) is 4.68. The summed E-state index contributed by atoms with van der Waals surface area (Å²) < 4.78 is 37.6. The Bertz CT molecular complexity index is 438. The van der Waals surface area contributed by atoms with E-state index in [1.54, 1.807) is 12.1 Å². The van der Waals surface area contributed by atoms with Crippen molar-refractivity contribution in [2.24, 2.45) is 17.1 Å². The molecule has 1 saturated carbocycles. The molecule has 0 aromatic heterocycles. The highest BCUT2D eigenvalue weighted by Gasteiger charge is 2.37. The van der Waals surface area contributed by atoms with Crippen molar-refractivity contribution >= 4 is 0 Å². The molecule has 1 aromatic rings. The van der Waals surface area contributed by atoms with Gasteiger partial charge in [-0.2, -0.15) is 13.2 Å². The first-order valence-electron chi connectivity index (χ1n) is 7.25. The molecule has 1 aromatic carbocycles. The van der Waals surface area contributed by atoms with E-state index in [-0.39, 0.29) is 5.41 Å². The Morgan fingerprint density at radius 2 is 1.90 bits per heavy atom. The van der Waals surface area contributed by atoms with Gasteiger partial charge < -0.3 is 5.73 Å². The van der Waals surface area contributed by atoms with Gasteiger partial charge in [-0.3, -0.25) is 0 Å². The van der Waals surface area contributed by atoms with Crippen LogP contribution in [-0.4, -0.2) is 6.54 Å². The maximum Gasteiger partial charge on any atom is 0.416 e. The fraction of sp³-hybridized carbons (Fsp3) is 0.625. The number of nitrogens with two attached hydrogens (primary N) is 1. The van der Waals surface area contributed by atoms with Crippen LogP contribution in [0.25, 0.3) is 0 Å². The molecule has 0 radical (unpaired) electrons. The predicted octanol–water partition coefficient (Wildman–Crippen LogP) is 4.40. The van der Waals surface area contributed by atoms with Gasteiger partial charge in [0.15, 0.2) is 0 Å². The van der Waals surface area contributed by atoms with Crippen molar-refractivity contribution < 1.29 is 13.2 Å². The van der Waals surface area contributed by atoms with Crippen LogP contribution in [0.1, 0.15) is 43.7 Å². The molecule has 0 saturated heterocycles. The first kappa shape index (κ1) is 15.4. The van der Waals surface area contributed by atoms with E-state index in [9.17, 15) is 13.2 Å². The molecule has 0 bridgehead atoms. The normalized spacial score (nSPS) is 26.9. The molecule has 1 fully saturated rings. The SMILES string of the molecule is CCC1CCC(CN)(Cc2ccc(C(F)(F)F)cc2)C1. The quantitative estimate of drug-likeness (QED) is 0.871. The average Bonchev–Trinajstić information content (AvgIpc) is 2.82. The average molecular weight is 285 g/mol. The molecule has 1 aliphatic carbocycles. The first-order valence-corrected chi connectivity index (χ1v) is 7.25. The van der Waals surface area contributed by atoms with Crippen molar-refractivity contribution in [3.05, 3.63) is 35.4 Å². The standard InChI is InChI=1S/C16H22F3N/c1-2-12-7-8-15(9-12,11-20)10-13-3-5-14(6-4-13)16(17,18)19/h3-6,12H,2,7-11,20H2,1H3. The third kappa shape index (κ3) is 3.35. The van der Waals surface area contributed by atoms with E-state index < -0.39 is 11.7 Å². The van der Waals surface area contributed by atoms with Crippen LogP contribution in [-0.2, 0) is 12.6 Å². The predicted molar refractivity (Wildman–Crippen MR) is 74.3 cm³/mol. The highest BCUT2D eigenvalue weighted by atomic mass is 19.4. The second kappa shape index (κ2) is 5.76. The molecule has 0 aliphatic heterocycles. The van der Waals surface area contributed by atoms with Crippen molar-refractivity contribution in [3.63, 3.8) is 0 Å². The maximum absolute atomic E-state index is 12.5. The Morgan fingerprint density at radius 3 is 2.35 bits per heavy atom. The lowest BCUT2D eigenvalue weighted by molar-refractivity contribution is -0.137. The van der Waals surface area contributed by atoms with Gasteiger partial charge in [0.2, 0.25) is 0 Å². The van der Waals surface area contributed by atoms with Gasteiger partial charge in [0.25, 0.3) is 0 Å². The topological polar surface area (TPSA) is 26.0 Å². The van der Waals surface area contributed by atoms with Crippen LogP contribution in [0, 0.1) is 11.3 Å². The van der Waals surface area contributed by atoms with E-state index in [0.29, 0.717) is 12.5 Å². The minimum atomic E-state index is -4.26. The summed E-state index contributed by atoms with van der Waals surface area (Å²) in [4.78, 5) is 0. The molecule has 4 heteroatoms. The van der Waals surface area contributed by atoms with Gasteiger partial charge >= 0.3 is 6.18 Å². The lowest BCUT2D eigenvalue weighted by atomic mass is 9.79. The molecular formula is C16H22F3N. The second-order valence-corrected chi connectivity index (χ2v) is 6.09. The first-order chi connectivity index (χ1) is 9.38. The summed E-state index contributed by atoms with van der Waals surface area (Å²) in [5, 5.41) is 0. The fourth-order valence-electron chi connectivity index (χ4n) is 3.34. The van der Waals surface area contributed by atoms with Crippen molar-refractivity contribution in [3.8, 4) is 0 Å². The van der Waals surface area contributed by atoms with Gasteiger partial charge in [-0.15, -0.1) is 0 Å². The van der Waals surface area contributed by atoms with Gasteiger partial charge in [0.05, 0.1) is 5.56 Å². The lowest BCUT2D eigenvalue weighted by Gasteiger charge is -2.28. The third-order valence-corrected chi connectivity index (χ3v) is 4.68. The molecule has 2 N–H and O–H groups in total. The second-order valence-electron chi connectivity index (χ2n) is 6.09. The Labute approximate surface area is 118 Å². The van der Waals surface area contributed by atoms with Crippen LogP contribution in [0.15, 0.2) is 24.3 Å². The zero-order valence-corrected chi connectivity index (χ0v) is 11.8. The molecule has 2 rings (SSSR count). The summed E-state index contributed by atoms with van der Waals surface area (Å²) >= 11 is 0. The number of benzene rings is 1. The highest BCUT2D eigenvalue weighted by Crippen LogP contribution is 2.44. The van der Waals surface area contributed by atoms with Crippen LogP contribution in [0.4, 0.5) is 13.2 Å². The Morgan fingerprint density at radius 1 is 1.25 bits per heavy atom. The van der Waals surface area contributed by atoms with Gasteiger partial charge in [0.1, 0.15) is 0 Å². The van der Waals surface area contributed by atoms with Crippen LogP contribution in [0.3, 0.4) is 0 Å². The smallest absolute Gasteiger partial charge is 0.330 e. The Kier molecular flexibility index (Phi) is 4.43. The van der Waals surface area contributed by atoms with Gasteiger partial charge in [-0.05, 0) is 61.3 Å². The van der Waals surface area contributed by atoms with Gasteiger partial charge in [-0.25, -0.2) is 0 Å². The molecule has 1 nitrogen and oxygen atoms in total. The van der Waals surface area contributed by atoms with E-state index >= 15 is 0 Å². The van der Waals surface area contributed by atoms with Crippen LogP contribution >= 0.6 is 0 Å². The molecule has 0 amide bonds. The minimum absolute atomic E-state index is 0.0838. The van der Waals surface area contributed by atoms with Crippen molar-refractivity contribution in [1.82, 2.24) is 0 Å². The van der Waals surface area contributed by atoms with Crippen molar-refractivity contribution in [1.29, 1.82) is 0 Å². The Hall–Kier alpha value is -1.03. The van der Waals surface area contributed by atoms with Gasteiger partial charge in [-0.1, -0.05) is 25.5 Å². The zero-order chi connectivity index (χ0) is 14.8. The monoisotopic (exact) mass is 285 g/mol. The Balaban J connectivity index is 2.09. The van der Waals surface area contributed by atoms with Crippen molar-refractivity contribution in [2.45, 2.75) is 45.2 Å². The van der Waals surface area contributed by atoms with E-state index in [1.807, 2.05) is 0 Å². The van der Waals surface area contributed by atoms with Crippen LogP contribution < -0.4 is 5.73 Å². The van der Waals surface area contributed by atoms with E-state index in [4.69, 9.17) is 5.73 Å². The summed E-state index contributed by atoms with van der Waals surface area (Å²) in [6.45, 7) is 2.81. The maximum atomic E-state index is 12.5. The minimum Gasteiger partial charge on any atom is -0.330 e. The lowest BCUT2D eigenvalue weighted by Crippen LogP contribution is -2.30. The van der Waals surface area contributed by atoms with Gasteiger partial charge in [0, 0.05) is 0 Å². The molecule has 1 aliphatic rings. The molecule has 2 atom stereocenters. The molecule has 20 heavy (non-hydrogen) atoms. The summed E-state index contributed by atoms with van der Waals surface area (Å²) in [6, 6.07) is 5.54. The molecule has 0 heterocycles. The largest absolute Gasteiger partial charge is 0.416 e. The van der Waals surface area contributed by atoms with E-state index in [1.165, 1.54) is 18.6 Å². The highest BCUT2D eigenvalue weighted by molar-refractivity contribution is 5.25. The molecular weight excluding hydrogens is 263 g/mol. The summed E-state index contributed by atoms with van der Waals surface area (Å²) in [7, 11) is 0.